The largest absolute Gasteiger partial charge is 0.488 e. The van der Waals surface area contributed by atoms with E-state index in [1.165, 1.54) is 18.2 Å². The zero-order chi connectivity index (χ0) is 23.1. The van der Waals surface area contributed by atoms with Crippen molar-refractivity contribution in [2.24, 2.45) is 0 Å². The number of hydrogen-bond donors (Lipinski definition) is 2. The highest BCUT2D eigenvalue weighted by Crippen LogP contribution is 2.28. The molecule has 8 heteroatoms. The van der Waals surface area contributed by atoms with Crippen LogP contribution in [-0.4, -0.2) is 17.0 Å². The fraction of sp³-hybridized carbons (Fsp3) is 0.0417. The zero-order valence-corrected chi connectivity index (χ0v) is 18.9. The lowest BCUT2D eigenvalue weighted by Gasteiger charge is -2.09. The van der Waals surface area contributed by atoms with Gasteiger partial charge in [0, 0.05) is 10.7 Å². The van der Waals surface area contributed by atoms with Gasteiger partial charge < -0.3 is 15.2 Å². The normalized spacial score (nSPS) is 10.8. The Bertz CT molecular complexity index is 1230. The molecule has 0 unspecified atom stereocenters. The number of anilines is 1. The van der Waals surface area contributed by atoms with Crippen LogP contribution in [0.15, 0.2) is 76.8 Å². The Morgan fingerprint density at radius 2 is 1.88 bits per heavy atom. The summed E-state index contributed by atoms with van der Waals surface area (Å²) in [4.78, 5) is 23.3. The van der Waals surface area contributed by atoms with E-state index in [9.17, 15) is 14.9 Å². The fourth-order valence-electron chi connectivity index (χ4n) is 2.71. The maximum atomic E-state index is 12.4. The van der Waals surface area contributed by atoms with Gasteiger partial charge in [0.25, 0.3) is 5.91 Å². The second-order valence-electron chi connectivity index (χ2n) is 6.61. The first-order valence-corrected chi connectivity index (χ1v) is 10.5. The second kappa shape index (κ2) is 10.6. The summed E-state index contributed by atoms with van der Waals surface area (Å²) in [5.74, 6) is -0.968. The van der Waals surface area contributed by atoms with Crippen LogP contribution >= 0.6 is 27.5 Å². The standard InChI is InChI=1S/C24H16BrClN2O4/c25-21-11-16(10-18(13-27)23(29)28-20-3-1-2-19(26)12-20)6-9-22(21)32-14-15-4-7-17(8-5-15)24(30)31/h1-12H,14H2,(H,28,29)(H,30,31)/b18-10+. The molecule has 0 radical (unpaired) electrons. The van der Waals surface area contributed by atoms with Gasteiger partial charge in [0.15, 0.2) is 0 Å². The lowest BCUT2D eigenvalue weighted by molar-refractivity contribution is -0.112. The number of carbonyl (C=O) groups is 2. The molecule has 6 nitrogen and oxygen atoms in total. The average molecular weight is 512 g/mol. The van der Waals surface area contributed by atoms with Crippen molar-refractivity contribution in [2.45, 2.75) is 6.61 Å². The third-order valence-corrected chi connectivity index (χ3v) is 5.16. The SMILES string of the molecule is N#C/C(=C\c1ccc(OCc2ccc(C(=O)O)cc2)c(Br)c1)C(=O)Nc1cccc(Cl)c1. The first kappa shape index (κ1) is 23.1. The maximum Gasteiger partial charge on any atom is 0.335 e. The molecule has 0 heterocycles. The van der Waals surface area contributed by atoms with Gasteiger partial charge in [-0.3, -0.25) is 4.79 Å². The highest BCUT2D eigenvalue weighted by atomic mass is 79.9. The van der Waals surface area contributed by atoms with Gasteiger partial charge in [0.05, 0.1) is 10.0 Å². The van der Waals surface area contributed by atoms with Gasteiger partial charge in [-0.1, -0.05) is 35.9 Å². The number of carbonyl (C=O) groups excluding carboxylic acids is 1. The number of aromatic carboxylic acids is 1. The van der Waals surface area contributed by atoms with Crippen molar-refractivity contribution in [1.82, 2.24) is 0 Å². The quantitative estimate of drug-likeness (QED) is 0.303. The Hall–Kier alpha value is -3.60. The molecule has 0 aliphatic heterocycles. The molecule has 1 amide bonds. The van der Waals surface area contributed by atoms with Crippen LogP contribution < -0.4 is 10.1 Å². The summed E-state index contributed by atoms with van der Waals surface area (Å²) in [6, 6.07) is 20.1. The Labute approximate surface area is 197 Å². The predicted octanol–water partition coefficient (Wildman–Crippen LogP) is 5.93. The first-order valence-electron chi connectivity index (χ1n) is 9.29. The maximum absolute atomic E-state index is 12.4. The molecule has 0 fully saturated rings. The summed E-state index contributed by atoms with van der Waals surface area (Å²) in [5.41, 5.74) is 2.08. The van der Waals surface area contributed by atoms with Gasteiger partial charge in [-0.25, -0.2) is 4.79 Å². The number of rotatable bonds is 7. The van der Waals surface area contributed by atoms with Crippen LogP contribution in [0.3, 0.4) is 0 Å². The molecule has 2 N–H and O–H groups in total. The molecule has 0 aliphatic rings. The van der Waals surface area contributed by atoms with Gasteiger partial charge in [-0.05, 0) is 75.6 Å². The molecule has 0 aromatic heterocycles. The molecule has 0 atom stereocenters. The third-order valence-electron chi connectivity index (χ3n) is 4.31. The number of halogens is 2. The highest BCUT2D eigenvalue weighted by molar-refractivity contribution is 9.10. The number of benzene rings is 3. The molecule has 160 valence electrons. The Morgan fingerprint density at radius 3 is 2.50 bits per heavy atom. The van der Waals surface area contributed by atoms with E-state index in [4.69, 9.17) is 21.4 Å². The molecule has 0 saturated heterocycles. The highest BCUT2D eigenvalue weighted by Gasteiger charge is 2.11. The lowest BCUT2D eigenvalue weighted by Crippen LogP contribution is -2.13. The Balaban J connectivity index is 1.68. The molecular formula is C24H16BrClN2O4. The molecule has 3 aromatic rings. The lowest BCUT2D eigenvalue weighted by atomic mass is 10.1. The zero-order valence-electron chi connectivity index (χ0n) is 16.5. The van der Waals surface area contributed by atoms with Crippen molar-refractivity contribution >= 4 is 51.2 Å². The third kappa shape index (κ3) is 6.20. The van der Waals surface area contributed by atoms with Crippen molar-refractivity contribution in [3.8, 4) is 11.8 Å². The smallest absolute Gasteiger partial charge is 0.335 e. The second-order valence-corrected chi connectivity index (χ2v) is 7.91. The predicted molar refractivity (Wildman–Crippen MR) is 126 cm³/mol. The summed E-state index contributed by atoms with van der Waals surface area (Å²) in [6.45, 7) is 0.249. The van der Waals surface area contributed by atoms with Crippen molar-refractivity contribution in [3.63, 3.8) is 0 Å². The summed E-state index contributed by atoms with van der Waals surface area (Å²) < 4.78 is 6.42. The van der Waals surface area contributed by atoms with Crippen molar-refractivity contribution < 1.29 is 19.4 Å². The number of amides is 1. The van der Waals surface area contributed by atoms with E-state index < -0.39 is 11.9 Å². The molecule has 3 aromatic carbocycles. The van der Waals surface area contributed by atoms with E-state index in [0.29, 0.717) is 26.5 Å². The summed E-state index contributed by atoms with van der Waals surface area (Å²) in [6.07, 6.45) is 1.47. The van der Waals surface area contributed by atoms with E-state index in [1.54, 1.807) is 54.6 Å². The monoisotopic (exact) mass is 510 g/mol. The molecule has 0 bridgehead atoms. The molecule has 0 spiro atoms. The Morgan fingerprint density at radius 1 is 1.12 bits per heavy atom. The minimum atomic E-state index is -0.984. The van der Waals surface area contributed by atoms with Crippen molar-refractivity contribution in [1.29, 1.82) is 5.26 Å². The molecular weight excluding hydrogens is 496 g/mol. The summed E-state index contributed by atoms with van der Waals surface area (Å²) >= 11 is 9.35. The van der Waals surface area contributed by atoms with Crippen molar-refractivity contribution in [2.75, 3.05) is 5.32 Å². The van der Waals surface area contributed by atoms with E-state index in [1.807, 2.05) is 6.07 Å². The molecule has 0 aliphatic carbocycles. The molecule has 3 rings (SSSR count). The van der Waals surface area contributed by atoms with Gasteiger partial charge in [0.2, 0.25) is 0 Å². The van der Waals surface area contributed by atoms with Crippen LogP contribution in [0.4, 0.5) is 5.69 Å². The van der Waals surface area contributed by atoms with Crippen molar-refractivity contribution in [3.05, 3.63) is 98.5 Å². The van der Waals surface area contributed by atoms with Crippen LogP contribution in [0.25, 0.3) is 6.08 Å². The number of ether oxygens (including phenoxy) is 1. The minimum Gasteiger partial charge on any atom is -0.488 e. The van der Waals surface area contributed by atoms with Crippen LogP contribution in [0.1, 0.15) is 21.5 Å². The van der Waals surface area contributed by atoms with Crippen LogP contribution in [0, 0.1) is 11.3 Å². The van der Waals surface area contributed by atoms with Crippen LogP contribution in [0.5, 0.6) is 5.75 Å². The number of nitrogens with one attached hydrogen (secondary N) is 1. The molecule has 32 heavy (non-hydrogen) atoms. The van der Waals surface area contributed by atoms with Crippen LogP contribution in [0.2, 0.25) is 5.02 Å². The first-order chi connectivity index (χ1) is 15.4. The van der Waals surface area contributed by atoms with Crippen LogP contribution in [-0.2, 0) is 11.4 Å². The van der Waals surface area contributed by atoms with E-state index in [2.05, 4.69) is 21.2 Å². The topological polar surface area (TPSA) is 99.4 Å². The molecule has 0 saturated carbocycles. The number of nitriles is 1. The average Bonchev–Trinajstić information content (AvgIpc) is 2.77. The number of carboxylic acids is 1. The number of hydrogen-bond acceptors (Lipinski definition) is 4. The van der Waals surface area contributed by atoms with E-state index in [0.717, 1.165) is 5.56 Å². The fourth-order valence-corrected chi connectivity index (χ4v) is 3.41. The minimum absolute atomic E-state index is 0.0657. The summed E-state index contributed by atoms with van der Waals surface area (Å²) in [7, 11) is 0. The number of nitrogens with zero attached hydrogens (tertiary/aromatic N) is 1. The van der Waals surface area contributed by atoms with Gasteiger partial charge in [0.1, 0.15) is 24.0 Å². The van der Waals surface area contributed by atoms with Gasteiger partial charge in [-0.15, -0.1) is 0 Å². The van der Waals surface area contributed by atoms with Gasteiger partial charge in [-0.2, -0.15) is 5.26 Å². The van der Waals surface area contributed by atoms with Gasteiger partial charge >= 0.3 is 5.97 Å². The van der Waals surface area contributed by atoms with E-state index >= 15 is 0 Å². The number of carboxylic acid groups (broad SMARTS) is 1. The Kier molecular flexibility index (Phi) is 7.66. The van der Waals surface area contributed by atoms with E-state index in [-0.39, 0.29) is 17.7 Å². The summed E-state index contributed by atoms with van der Waals surface area (Å²) in [5, 5.41) is 21.5.